The second-order valence-corrected chi connectivity index (χ2v) is 5.27. The van der Waals surface area contributed by atoms with Crippen LogP contribution in [0.15, 0.2) is 18.2 Å². The van der Waals surface area contributed by atoms with Gasteiger partial charge in [0.15, 0.2) is 0 Å². The van der Waals surface area contributed by atoms with Gasteiger partial charge in [-0.3, -0.25) is 4.79 Å². The van der Waals surface area contributed by atoms with Gasteiger partial charge in [-0.25, -0.2) is 0 Å². The van der Waals surface area contributed by atoms with E-state index >= 15 is 0 Å². The van der Waals surface area contributed by atoms with Crippen LogP contribution in [0.5, 0.6) is 0 Å². The maximum atomic E-state index is 12.0. The first-order chi connectivity index (χ1) is 8.66. The normalized spacial score (nSPS) is 16.6. The van der Waals surface area contributed by atoms with Crippen molar-refractivity contribution in [3.8, 4) is 0 Å². The standard InChI is InChI=1S/C14H19ClN2O/c1-10-8-12(2-3-13(10)15)14(18)17-9-11-4-6-16-7-5-11/h2-3,8,11,16H,4-7,9H2,1H3,(H,17,18). The molecule has 98 valence electrons. The van der Waals surface area contributed by atoms with Crippen molar-refractivity contribution in [2.45, 2.75) is 19.8 Å². The Morgan fingerprint density at radius 1 is 1.44 bits per heavy atom. The van der Waals surface area contributed by atoms with E-state index < -0.39 is 0 Å². The van der Waals surface area contributed by atoms with Crippen molar-refractivity contribution in [1.82, 2.24) is 10.6 Å². The Labute approximate surface area is 113 Å². The van der Waals surface area contributed by atoms with Crippen LogP contribution in [0.25, 0.3) is 0 Å². The highest BCUT2D eigenvalue weighted by Crippen LogP contribution is 2.16. The van der Waals surface area contributed by atoms with Crippen molar-refractivity contribution in [3.05, 3.63) is 34.3 Å². The van der Waals surface area contributed by atoms with E-state index in [1.807, 2.05) is 13.0 Å². The largest absolute Gasteiger partial charge is 0.352 e. The zero-order valence-corrected chi connectivity index (χ0v) is 11.4. The van der Waals surface area contributed by atoms with Gasteiger partial charge in [-0.15, -0.1) is 0 Å². The van der Waals surface area contributed by atoms with E-state index in [1.165, 1.54) is 0 Å². The van der Waals surface area contributed by atoms with Gasteiger partial charge >= 0.3 is 0 Å². The highest BCUT2D eigenvalue weighted by Gasteiger charge is 2.14. The van der Waals surface area contributed by atoms with Gasteiger partial charge in [0.25, 0.3) is 5.91 Å². The summed E-state index contributed by atoms with van der Waals surface area (Å²) in [5.74, 6) is 0.594. The van der Waals surface area contributed by atoms with Crippen LogP contribution in [0.1, 0.15) is 28.8 Å². The van der Waals surface area contributed by atoms with Crippen LogP contribution in [-0.4, -0.2) is 25.5 Å². The molecular weight excluding hydrogens is 248 g/mol. The molecule has 1 aromatic rings. The summed E-state index contributed by atoms with van der Waals surface area (Å²) >= 11 is 5.95. The van der Waals surface area contributed by atoms with E-state index in [-0.39, 0.29) is 5.91 Å². The highest BCUT2D eigenvalue weighted by molar-refractivity contribution is 6.31. The molecule has 1 heterocycles. The number of halogens is 1. The first-order valence-electron chi connectivity index (χ1n) is 6.42. The minimum absolute atomic E-state index is 0.00620. The Hall–Kier alpha value is -1.06. The summed E-state index contributed by atoms with van der Waals surface area (Å²) in [7, 11) is 0. The van der Waals surface area contributed by atoms with Gasteiger partial charge in [-0.1, -0.05) is 11.6 Å². The lowest BCUT2D eigenvalue weighted by molar-refractivity contribution is 0.0944. The molecule has 1 amide bonds. The molecule has 0 aliphatic carbocycles. The Morgan fingerprint density at radius 3 is 2.83 bits per heavy atom. The molecule has 1 fully saturated rings. The van der Waals surface area contributed by atoms with Crippen LogP contribution < -0.4 is 10.6 Å². The third-order valence-electron chi connectivity index (χ3n) is 3.43. The molecule has 0 spiro atoms. The molecule has 2 rings (SSSR count). The molecule has 0 radical (unpaired) electrons. The molecule has 1 aliphatic heterocycles. The monoisotopic (exact) mass is 266 g/mol. The number of aryl methyl sites for hydroxylation is 1. The fourth-order valence-corrected chi connectivity index (χ4v) is 2.33. The van der Waals surface area contributed by atoms with Crippen molar-refractivity contribution >= 4 is 17.5 Å². The summed E-state index contributed by atoms with van der Waals surface area (Å²) in [5.41, 5.74) is 1.62. The maximum absolute atomic E-state index is 12.0. The van der Waals surface area contributed by atoms with Gasteiger partial charge in [0.1, 0.15) is 0 Å². The predicted octanol–water partition coefficient (Wildman–Crippen LogP) is 2.38. The Kier molecular flexibility index (Phi) is 4.61. The molecule has 1 aromatic carbocycles. The third kappa shape index (κ3) is 3.47. The van der Waals surface area contributed by atoms with Gasteiger partial charge in [-0.2, -0.15) is 0 Å². The zero-order valence-electron chi connectivity index (χ0n) is 10.6. The van der Waals surface area contributed by atoms with E-state index in [0.29, 0.717) is 16.5 Å². The van der Waals surface area contributed by atoms with Crippen LogP contribution in [0.3, 0.4) is 0 Å². The number of carbonyl (C=O) groups excluding carboxylic acids is 1. The molecule has 2 N–H and O–H groups in total. The SMILES string of the molecule is Cc1cc(C(=O)NCC2CCNCC2)ccc1Cl. The van der Waals surface area contributed by atoms with Crippen LogP contribution in [-0.2, 0) is 0 Å². The minimum Gasteiger partial charge on any atom is -0.352 e. The summed E-state index contributed by atoms with van der Waals surface area (Å²) in [6, 6.07) is 5.38. The predicted molar refractivity (Wildman–Crippen MR) is 74.1 cm³/mol. The van der Waals surface area contributed by atoms with Crippen LogP contribution in [0.4, 0.5) is 0 Å². The van der Waals surface area contributed by atoms with Gasteiger partial charge < -0.3 is 10.6 Å². The number of hydrogen-bond acceptors (Lipinski definition) is 2. The summed E-state index contributed by atoms with van der Waals surface area (Å²) in [6.07, 6.45) is 2.28. The van der Waals surface area contributed by atoms with E-state index in [1.54, 1.807) is 12.1 Å². The van der Waals surface area contributed by atoms with E-state index in [9.17, 15) is 4.79 Å². The van der Waals surface area contributed by atoms with Crippen LogP contribution in [0, 0.1) is 12.8 Å². The molecule has 4 heteroatoms. The highest BCUT2D eigenvalue weighted by atomic mass is 35.5. The lowest BCUT2D eigenvalue weighted by atomic mass is 9.98. The maximum Gasteiger partial charge on any atom is 0.251 e. The Balaban J connectivity index is 1.88. The average molecular weight is 267 g/mol. The molecule has 18 heavy (non-hydrogen) atoms. The smallest absolute Gasteiger partial charge is 0.251 e. The number of rotatable bonds is 3. The van der Waals surface area contributed by atoms with Crippen molar-refractivity contribution in [2.75, 3.05) is 19.6 Å². The van der Waals surface area contributed by atoms with Gasteiger partial charge in [0.2, 0.25) is 0 Å². The lowest BCUT2D eigenvalue weighted by Gasteiger charge is -2.22. The zero-order chi connectivity index (χ0) is 13.0. The fourth-order valence-electron chi connectivity index (χ4n) is 2.21. The molecule has 0 aromatic heterocycles. The van der Waals surface area contributed by atoms with E-state index in [4.69, 9.17) is 11.6 Å². The van der Waals surface area contributed by atoms with Gasteiger partial charge in [0, 0.05) is 17.1 Å². The summed E-state index contributed by atoms with van der Waals surface area (Å²) in [6.45, 7) is 4.79. The number of piperidine rings is 1. The first kappa shape index (κ1) is 13.4. The number of nitrogens with one attached hydrogen (secondary N) is 2. The third-order valence-corrected chi connectivity index (χ3v) is 3.85. The Morgan fingerprint density at radius 2 is 2.17 bits per heavy atom. The molecule has 1 saturated heterocycles. The lowest BCUT2D eigenvalue weighted by Crippen LogP contribution is -2.35. The minimum atomic E-state index is -0.00620. The number of amides is 1. The van der Waals surface area contributed by atoms with Gasteiger partial charge in [-0.05, 0) is 62.5 Å². The molecule has 0 unspecified atom stereocenters. The second kappa shape index (κ2) is 6.21. The summed E-state index contributed by atoms with van der Waals surface area (Å²) < 4.78 is 0. The van der Waals surface area contributed by atoms with E-state index in [0.717, 1.165) is 38.0 Å². The number of carbonyl (C=O) groups is 1. The average Bonchev–Trinajstić information content (AvgIpc) is 2.40. The van der Waals surface area contributed by atoms with Crippen LogP contribution >= 0.6 is 11.6 Å². The topological polar surface area (TPSA) is 41.1 Å². The molecule has 3 nitrogen and oxygen atoms in total. The van der Waals surface area contributed by atoms with Crippen molar-refractivity contribution < 1.29 is 4.79 Å². The van der Waals surface area contributed by atoms with Gasteiger partial charge in [0.05, 0.1) is 0 Å². The fraction of sp³-hybridized carbons (Fsp3) is 0.500. The molecule has 0 atom stereocenters. The van der Waals surface area contributed by atoms with Crippen molar-refractivity contribution in [3.63, 3.8) is 0 Å². The van der Waals surface area contributed by atoms with Crippen LogP contribution in [0.2, 0.25) is 5.02 Å². The van der Waals surface area contributed by atoms with Crippen molar-refractivity contribution in [1.29, 1.82) is 0 Å². The molecule has 0 saturated carbocycles. The molecule has 1 aliphatic rings. The summed E-state index contributed by atoms with van der Waals surface area (Å²) in [4.78, 5) is 12.0. The quantitative estimate of drug-likeness (QED) is 0.882. The first-order valence-corrected chi connectivity index (χ1v) is 6.79. The molecule has 0 bridgehead atoms. The molecular formula is C14H19ClN2O. The number of benzene rings is 1. The number of hydrogen-bond donors (Lipinski definition) is 2. The second-order valence-electron chi connectivity index (χ2n) is 4.87. The summed E-state index contributed by atoms with van der Waals surface area (Å²) in [5, 5.41) is 7.02. The van der Waals surface area contributed by atoms with Crippen molar-refractivity contribution in [2.24, 2.45) is 5.92 Å². The Bertz CT molecular complexity index is 428. The van der Waals surface area contributed by atoms with E-state index in [2.05, 4.69) is 10.6 Å².